The highest BCUT2D eigenvalue weighted by molar-refractivity contribution is 6.44. The maximum atomic E-state index is 12.2. The molecular weight excluding hydrogens is 604 g/mol. The minimum absolute atomic E-state index is 0.227. The fraction of sp³-hybridized carbons (Fsp3) is 0.105. The molecule has 10 nitrogen and oxygen atoms in total. The summed E-state index contributed by atoms with van der Waals surface area (Å²) in [7, 11) is 0. The molecule has 0 aliphatic carbocycles. The van der Waals surface area contributed by atoms with E-state index in [4.69, 9.17) is 9.47 Å². The lowest BCUT2D eigenvalue weighted by molar-refractivity contribution is -0.135. The monoisotopic (exact) mass is 638 g/mol. The van der Waals surface area contributed by atoms with Gasteiger partial charge in [0.05, 0.1) is 35.6 Å². The maximum absolute atomic E-state index is 12.2. The van der Waals surface area contributed by atoms with E-state index in [-0.39, 0.29) is 11.4 Å². The molecule has 48 heavy (non-hydrogen) atoms. The van der Waals surface area contributed by atoms with Crippen molar-refractivity contribution in [2.75, 3.05) is 24.1 Å². The fourth-order valence-electron chi connectivity index (χ4n) is 4.67. The van der Waals surface area contributed by atoms with Crippen LogP contribution in [0.5, 0.6) is 0 Å². The Balaban J connectivity index is 0.000000188. The third-order valence-electron chi connectivity index (χ3n) is 6.87. The molecule has 0 saturated heterocycles. The van der Waals surface area contributed by atoms with Crippen molar-refractivity contribution in [2.45, 2.75) is 13.8 Å². The summed E-state index contributed by atoms with van der Waals surface area (Å²) in [6.07, 6.45) is 3.45. The Labute approximate surface area is 278 Å². The van der Waals surface area contributed by atoms with Crippen LogP contribution in [0.15, 0.2) is 144 Å². The van der Waals surface area contributed by atoms with Crippen LogP contribution >= 0.6 is 0 Å². The van der Waals surface area contributed by atoms with Crippen molar-refractivity contribution >= 4 is 56.5 Å². The van der Waals surface area contributed by atoms with E-state index in [9.17, 15) is 9.59 Å². The number of para-hydroxylation sites is 2. The Morgan fingerprint density at radius 1 is 0.542 bits per heavy atom. The Morgan fingerprint density at radius 2 is 0.938 bits per heavy atom. The van der Waals surface area contributed by atoms with Crippen LogP contribution in [0.3, 0.4) is 0 Å². The second-order valence-corrected chi connectivity index (χ2v) is 10.1. The summed E-state index contributed by atoms with van der Waals surface area (Å²) in [6, 6.07) is 37.6. The first-order valence-electron chi connectivity index (χ1n) is 15.4. The van der Waals surface area contributed by atoms with Crippen LogP contribution in [-0.2, 0) is 19.1 Å². The normalized spacial score (nSPS) is 11.3. The second kappa shape index (κ2) is 16.8. The van der Waals surface area contributed by atoms with E-state index in [0.29, 0.717) is 24.3 Å². The van der Waals surface area contributed by atoms with E-state index in [2.05, 4.69) is 31.0 Å². The van der Waals surface area contributed by atoms with Gasteiger partial charge in [-0.3, -0.25) is 20.8 Å². The first-order valence-corrected chi connectivity index (χ1v) is 15.4. The van der Waals surface area contributed by atoms with Crippen LogP contribution in [0.4, 0.5) is 11.4 Å². The van der Waals surface area contributed by atoms with Gasteiger partial charge in [0.2, 0.25) is 0 Å². The molecule has 0 saturated carbocycles. The molecule has 0 amide bonds. The van der Waals surface area contributed by atoms with Gasteiger partial charge in [0.25, 0.3) is 0 Å². The third-order valence-corrected chi connectivity index (χ3v) is 6.87. The fourth-order valence-corrected chi connectivity index (χ4v) is 4.67. The number of aromatic nitrogens is 2. The number of hydrogen-bond acceptors (Lipinski definition) is 10. The van der Waals surface area contributed by atoms with Gasteiger partial charge in [0, 0.05) is 34.3 Å². The number of pyridine rings is 2. The summed E-state index contributed by atoms with van der Waals surface area (Å²) < 4.78 is 10.2. The molecule has 0 atom stereocenters. The van der Waals surface area contributed by atoms with Crippen LogP contribution in [0.2, 0.25) is 0 Å². The van der Waals surface area contributed by atoms with Gasteiger partial charge in [0.15, 0.2) is 11.4 Å². The van der Waals surface area contributed by atoms with E-state index in [1.54, 1.807) is 26.2 Å². The van der Waals surface area contributed by atoms with E-state index in [1.165, 1.54) is 0 Å². The summed E-state index contributed by atoms with van der Waals surface area (Å²) in [4.78, 5) is 33.2. The van der Waals surface area contributed by atoms with Gasteiger partial charge in [-0.05, 0) is 38.1 Å². The van der Waals surface area contributed by atoms with Crippen molar-refractivity contribution in [1.82, 2.24) is 9.97 Å². The first-order chi connectivity index (χ1) is 23.6. The summed E-state index contributed by atoms with van der Waals surface area (Å²) in [6.45, 7) is 4.12. The molecule has 2 heterocycles. The van der Waals surface area contributed by atoms with Crippen molar-refractivity contribution in [1.29, 1.82) is 0 Å². The third kappa shape index (κ3) is 8.43. The number of hydrazone groups is 2. The number of benzene rings is 4. The number of nitrogens with zero attached hydrogens (tertiary/aromatic N) is 4. The molecule has 0 radical (unpaired) electrons. The Morgan fingerprint density at radius 3 is 1.33 bits per heavy atom. The van der Waals surface area contributed by atoms with Crippen LogP contribution in [0.1, 0.15) is 25.0 Å². The number of rotatable bonds is 10. The molecule has 4 aromatic carbocycles. The number of carbonyl (C=O) groups is 2. The van der Waals surface area contributed by atoms with Gasteiger partial charge < -0.3 is 9.47 Å². The molecule has 0 aliphatic heterocycles. The first kappa shape index (κ1) is 33.0. The summed E-state index contributed by atoms with van der Waals surface area (Å²) in [5.74, 6) is -0.936. The van der Waals surface area contributed by atoms with Crippen molar-refractivity contribution in [3.63, 3.8) is 0 Å². The average Bonchev–Trinajstić information content (AvgIpc) is 3.13. The van der Waals surface area contributed by atoms with Gasteiger partial charge in [0.1, 0.15) is 0 Å². The standard InChI is InChI=1S/2C19H17N3O2/c2*1-2-24-19(23)18(15-8-4-3-5-9-15)22-21-16-12-6-10-14-11-7-13-20-17(14)16/h2*3-13,21H,2H2,1H3/b22-18+;22-18-. The second-order valence-electron chi connectivity index (χ2n) is 10.1. The highest BCUT2D eigenvalue weighted by atomic mass is 16.5. The van der Waals surface area contributed by atoms with Gasteiger partial charge >= 0.3 is 11.9 Å². The summed E-state index contributed by atoms with van der Waals surface area (Å²) in [5.41, 5.74) is 10.8. The topological polar surface area (TPSA) is 127 Å². The van der Waals surface area contributed by atoms with Crippen LogP contribution in [0, 0.1) is 0 Å². The van der Waals surface area contributed by atoms with Crippen molar-refractivity contribution in [3.8, 4) is 0 Å². The molecule has 0 aliphatic rings. The molecular formula is C38H34N6O4. The maximum Gasteiger partial charge on any atom is 0.359 e. The molecule has 2 aromatic heterocycles. The van der Waals surface area contributed by atoms with Crippen molar-refractivity contribution in [2.24, 2.45) is 10.2 Å². The SMILES string of the molecule is CCOC(=O)/C(=N/Nc1cccc2cccnc12)c1ccccc1.CCOC(=O)/C(=N\Nc1cccc2cccnc12)c1ccccc1. The molecule has 10 heteroatoms. The number of hydrogen-bond donors (Lipinski definition) is 2. The van der Waals surface area contributed by atoms with Crippen molar-refractivity contribution < 1.29 is 19.1 Å². The quantitative estimate of drug-likeness (QED) is 0.0914. The van der Waals surface area contributed by atoms with Gasteiger partial charge in [-0.15, -0.1) is 0 Å². The lowest BCUT2D eigenvalue weighted by atomic mass is 10.1. The van der Waals surface area contributed by atoms with Gasteiger partial charge in [-0.1, -0.05) is 97.1 Å². The molecule has 0 spiro atoms. The molecule has 6 rings (SSSR count). The highest BCUT2D eigenvalue weighted by Gasteiger charge is 2.17. The zero-order valence-corrected chi connectivity index (χ0v) is 26.5. The zero-order valence-electron chi connectivity index (χ0n) is 26.5. The Hall–Kier alpha value is -6.42. The predicted octanol–water partition coefficient (Wildman–Crippen LogP) is 7.23. The van der Waals surface area contributed by atoms with Crippen LogP contribution < -0.4 is 10.9 Å². The number of ether oxygens (including phenoxy) is 2. The van der Waals surface area contributed by atoms with Gasteiger partial charge in [-0.2, -0.15) is 10.2 Å². The van der Waals surface area contributed by atoms with Crippen molar-refractivity contribution in [3.05, 3.63) is 145 Å². The minimum Gasteiger partial charge on any atom is -0.461 e. The highest BCUT2D eigenvalue weighted by Crippen LogP contribution is 2.22. The minimum atomic E-state index is -0.468. The number of carbonyl (C=O) groups excluding carboxylic acids is 2. The lowest BCUT2D eigenvalue weighted by Crippen LogP contribution is -2.20. The van der Waals surface area contributed by atoms with Crippen LogP contribution in [-0.4, -0.2) is 46.5 Å². The van der Waals surface area contributed by atoms with E-state index in [1.807, 2.05) is 121 Å². The largest absolute Gasteiger partial charge is 0.461 e. The summed E-state index contributed by atoms with van der Waals surface area (Å²) >= 11 is 0. The smallest absolute Gasteiger partial charge is 0.359 e. The lowest BCUT2D eigenvalue weighted by Gasteiger charge is -2.08. The summed E-state index contributed by atoms with van der Waals surface area (Å²) in [5, 5.41) is 10.6. The number of fused-ring (bicyclic) bond motifs is 2. The number of esters is 2. The molecule has 240 valence electrons. The Kier molecular flexibility index (Phi) is 11.5. The number of nitrogens with one attached hydrogen (secondary N) is 2. The average molecular weight is 639 g/mol. The predicted molar refractivity (Wildman–Crippen MR) is 190 cm³/mol. The van der Waals surface area contributed by atoms with Gasteiger partial charge in [-0.25, -0.2) is 9.59 Å². The van der Waals surface area contributed by atoms with Crippen LogP contribution in [0.25, 0.3) is 21.8 Å². The van der Waals surface area contributed by atoms with E-state index < -0.39 is 11.9 Å². The van der Waals surface area contributed by atoms with E-state index in [0.717, 1.165) is 33.2 Å². The molecule has 0 unspecified atom stereocenters. The van der Waals surface area contributed by atoms with E-state index >= 15 is 0 Å². The zero-order chi connectivity index (χ0) is 33.6. The molecule has 0 fully saturated rings. The molecule has 0 bridgehead atoms. The molecule has 2 N–H and O–H groups in total. The Bertz CT molecular complexity index is 1890. The number of anilines is 2. The molecule has 6 aromatic rings.